The molecule has 0 spiro atoms. The Bertz CT molecular complexity index is 461. The van der Waals surface area contributed by atoms with Gasteiger partial charge in [0.05, 0.1) is 0 Å². The van der Waals surface area contributed by atoms with Crippen molar-refractivity contribution in [2.24, 2.45) is 0 Å². The average Bonchev–Trinajstić information content (AvgIpc) is 2.52. The van der Waals surface area contributed by atoms with Crippen LogP contribution in [0.5, 0.6) is 0 Å². The van der Waals surface area contributed by atoms with Gasteiger partial charge >= 0.3 is 0 Å². The van der Waals surface area contributed by atoms with Gasteiger partial charge in [-0.05, 0) is 56.8 Å². The van der Waals surface area contributed by atoms with E-state index in [1.165, 1.54) is 25.8 Å². The van der Waals surface area contributed by atoms with E-state index in [0.717, 1.165) is 36.5 Å². The minimum Gasteiger partial charge on any atom is -0.356 e. The van der Waals surface area contributed by atoms with E-state index in [2.05, 4.69) is 17.1 Å². The standard InChI is InChI=1S/C18H27ClN2O/c1-15-5-2-3-13-21(15)14-4-12-20-18(22)11-8-16-6-9-17(19)10-7-16/h6-7,9-10,15H,2-5,8,11-14H2,1H3,(H,20,22). The topological polar surface area (TPSA) is 32.3 Å². The Morgan fingerprint density at radius 2 is 2.09 bits per heavy atom. The number of likely N-dealkylation sites (tertiary alicyclic amines) is 1. The summed E-state index contributed by atoms with van der Waals surface area (Å²) in [6.07, 6.45) is 6.34. The molecule has 122 valence electrons. The van der Waals surface area contributed by atoms with E-state index >= 15 is 0 Å². The van der Waals surface area contributed by atoms with Gasteiger partial charge in [-0.2, -0.15) is 0 Å². The second kappa shape index (κ2) is 9.16. The van der Waals surface area contributed by atoms with E-state index in [1.54, 1.807) is 0 Å². The molecule has 1 aliphatic heterocycles. The van der Waals surface area contributed by atoms with Gasteiger partial charge in [-0.15, -0.1) is 0 Å². The lowest BCUT2D eigenvalue weighted by Crippen LogP contribution is -2.39. The number of amides is 1. The third kappa shape index (κ3) is 5.98. The number of benzene rings is 1. The highest BCUT2D eigenvalue weighted by molar-refractivity contribution is 6.30. The predicted octanol–water partition coefficient (Wildman–Crippen LogP) is 3.65. The van der Waals surface area contributed by atoms with E-state index in [1.807, 2.05) is 24.3 Å². The van der Waals surface area contributed by atoms with E-state index in [-0.39, 0.29) is 5.91 Å². The van der Waals surface area contributed by atoms with Gasteiger partial charge in [-0.25, -0.2) is 0 Å². The number of carbonyl (C=O) groups is 1. The van der Waals surface area contributed by atoms with Crippen molar-refractivity contribution in [1.29, 1.82) is 0 Å². The maximum Gasteiger partial charge on any atom is 0.220 e. The molecule has 1 aromatic rings. The normalized spacial score (nSPS) is 19.1. The van der Waals surface area contributed by atoms with E-state index in [4.69, 9.17) is 11.6 Å². The summed E-state index contributed by atoms with van der Waals surface area (Å²) < 4.78 is 0. The van der Waals surface area contributed by atoms with Gasteiger partial charge in [-0.1, -0.05) is 30.2 Å². The monoisotopic (exact) mass is 322 g/mol. The first-order chi connectivity index (χ1) is 10.6. The van der Waals surface area contributed by atoms with E-state index < -0.39 is 0 Å². The van der Waals surface area contributed by atoms with Crippen LogP contribution in [0, 0.1) is 0 Å². The SMILES string of the molecule is CC1CCCCN1CCCNC(=O)CCc1ccc(Cl)cc1. The molecule has 1 unspecified atom stereocenters. The molecule has 0 bridgehead atoms. The molecule has 0 aliphatic carbocycles. The second-order valence-corrected chi connectivity index (χ2v) is 6.65. The van der Waals surface area contributed by atoms with Crippen molar-refractivity contribution >= 4 is 17.5 Å². The van der Waals surface area contributed by atoms with Gasteiger partial charge in [0.2, 0.25) is 5.91 Å². The smallest absolute Gasteiger partial charge is 0.220 e. The molecule has 0 aromatic heterocycles. The molecular weight excluding hydrogens is 296 g/mol. The molecule has 1 amide bonds. The molecule has 1 heterocycles. The summed E-state index contributed by atoms with van der Waals surface area (Å²) >= 11 is 5.85. The minimum absolute atomic E-state index is 0.140. The summed E-state index contributed by atoms with van der Waals surface area (Å²) in [5, 5.41) is 3.76. The third-order valence-electron chi connectivity index (χ3n) is 4.44. The van der Waals surface area contributed by atoms with Crippen molar-refractivity contribution in [1.82, 2.24) is 10.2 Å². The van der Waals surface area contributed by atoms with Crippen LogP contribution < -0.4 is 5.32 Å². The number of carbonyl (C=O) groups excluding carboxylic acids is 1. The van der Waals surface area contributed by atoms with Crippen LogP contribution in [0.2, 0.25) is 5.02 Å². The zero-order valence-corrected chi connectivity index (χ0v) is 14.2. The van der Waals surface area contributed by atoms with Crippen LogP contribution >= 0.6 is 11.6 Å². The summed E-state index contributed by atoms with van der Waals surface area (Å²) in [6, 6.07) is 8.40. The minimum atomic E-state index is 0.140. The van der Waals surface area contributed by atoms with E-state index in [0.29, 0.717) is 12.5 Å². The van der Waals surface area contributed by atoms with Gasteiger partial charge in [0, 0.05) is 30.6 Å². The maximum atomic E-state index is 11.8. The molecule has 1 saturated heterocycles. The molecule has 22 heavy (non-hydrogen) atoms. The van der Waals surface area contributed by atoms with E-state index in [9.17, 15) is 4.79 Å². The van der Waals surface area contributed by atoms with Crippen molar-refractivity contribution in [2.75, 3.05) is 19.6 Å². The Morgan fingerprint density at radius 1 is 1.32 bits per heavy atom. The third-order valence-corrected chi connectivity index (χ3v) is 4.69. The van der Waals surface area contributed by atoms with Crippen LogP contribution in [0.25, 0.3) is 0 Å². The Kier molecular flexibility index (Phi) is 7.20. The number of aryl methyl sites for hydroxylation is 1. The van der Waals surface area contributed by atoms with Crippen LogP contribution in [0.1, 0.15) is 44.6 Å². The zero-order chi connectivity index (χ0) is 15.8. The first-order valence-corrected chi connectivity index (χ1v) is 8.78. The molecule has 1 atom stereocenters. The number of hydrogen-bond acceptors (Lipinski definition) is 2. The molecule has 4 heteroatoms. The fraction of sp³-hybridized carbons (Fsp3) is 0.611. The molecule has 1 N–H and O–H groups in total. The summed E-state index contributed by atoms with van der Waals surface area (Å²) in [4.78, 5) is 14.4. The summed E-state index contributed by atoms with van der Waals surface area (Å²) in [7, 11) is 0. The zero-order valence-electron chi connectivity index (χ0n) is 13.5. The van der Waals surface area contributed by atoms with Crippen molar-refractivity contribution in [3.63, 3.8) is 0 Å². The molecule has 2 rings (SSSR count). The van der Waals surface area contributed by atoms with Crippen molar-refractivity contribution in [3.05, 3.63) is 34.9 Å². The second-order valence-electron chi connectivity index (χ2n) is 6.21. The first-order valence-electron chi connectivity index (χ1n) is 8.40. The Morgan fingerprint density at radius 3 is 2.82 bits per heavy atom. The van der Waals surface area contributed by atoms with Crippen LogP contribution in [-0.2, 0) is 11.2 Å². The number of rotatable bonds is 7. The van der Waals surface area contributed by atoms with Gasteiger partial charge in [-0.3, -0.25) is 4.79 Å². The molecule has 1 fully saturated rings. The van der Waals surface area contributed by atoms with Crippen LogP contribution in [0.4, 0.5) is 0 Å². The lowest BCUT2D eigenvalue weighted by atomic mass is 10.0. The predicted molar refractivity (Wildman–Crippen MR) is 92.3 cm³/mol. The van der Waals surface area contributed by atoms with Gasteiger partial charge in [0.1, 0.15) is 0 Å². The summed E-state index contributed by atoms with van der Waals surface area (Å²) in [5.74, 6) is 0.140. The van der Waals surface area contributed by atoms with Crippen LogP contribution in [0.3, 0.4) is 0 Å². The highest BCUT2D eigenvalue weighted by Gasteiger charge is 2.17. The van der Waals surface area contributed by atoms with Gasteiger partial charge < -0.3 is 10.2 Å². The van der Waals surface area contributed by atoms with Gasteiger partial charge in [0.15, 0.2) is 0 Å². The molecule has 0 saturated carbocycles. The summed E-state index contributed by atoms with van der Waals surface area (Å²) in [5.41, 5.74) is 1.15. The fourth-order valence-corrected chi connectivity index (χ4v) is 3.12. The van der Waals surface area contributed by atoms with Crippen molar-refractivity contribution in [3.8, 4) is 0 Å². The highest BCUT2D eigenvalue weighted by atomic mass is 35.5. The fourth-order valence-electron chi connectivity index (χ4n) is 3.00. The molecule has 3 nitrogen and oxygen atoms in total. The van der Waals surface area contributed by atoms with Crippen molar-refractivity contribution < 1.29 is 4.79 Å². The molecular formula is C18H27ClN2O. The molecule has 1 aromatic carbocycles. The Hall–Kier alpha value is -1.06. The Balaban J connectivity index is 1.56. The van der Waals surface area contributed by atoms with Crippen molar-refractivity contribution in [2.45, 2.75) is 51.5 Å². The number of nitrogens with one attached hydrogen (secondary N) is 1. The number of nitrogens with zero attached hydrogens (tertiary/aromatic N) is 1. The number of halogens is 1. The Labute approximate surface area is 139 Å². The summed E-state index contributed by atoms with van der Waals surface area (Å²) in [6.45, 7) is 5.40. The lowest BCUT2D eigenvalue weighted by molar-refractivity contribution is -0.121. The maximum absolute atomic E-state index is 11.8. The largest absolute Gasteiger partial charge is 0.356 e. The molecule has 0 radical (unpaired) electrons. The molecule has 1 aliphatic rings. The van der Waals surface area contributed by atoms with Crippen LogP contribution in [-0.4, -0.2) is 36.5 Å². The highest BCUT2D eigenvalue weighted by Crippen LogP contribution is 2.16. The van der Waals surface area contributed by atoms with Crippen LogP contribution in [0.15, 0.2) is 24.3 Å². The first kappa shape index (κ1) is 17.3. The number of hydrogen-bond donors (Lipinski definition) is 1. The quantitative estimate of drug-likeness (QED) is 0.777. The number of piperidine rings is 1. The average molecular weight is 323 g/mol. The van der Waals surface area contributed by atoms with Gasteiger partial charge in [0.25, 0.3) is 0 Å². The lowest BCUT2D eigenvalue weighted by Gasteiger charge is -2.33.